The van der Waals surface area contributed by atoms with Crippen LogP contribution >= 0.6 is 11.6 Å². The minimum absolute atomic E-state index is 0.0791. The van der Waals surface area contributed by atoms with E-state index in [0.29, 0.717) is 17.5 Å². The summed E-state index contributed by atoms with van der Waals surface area (Å²) in [5.74, 6) is -2.67. The maximum Gasteiger partial charge on any atom is 0.337 e. The number of carboxylic acids is 1. The summed E-state index contributed by atoms with van der Waals surface area (Å²) in [6, 6.07) is 10.5. The van der Waals surface area contributed by atoms with Crippen molar-refractivity contribution in [1.82, 2.24) is 9.71 Å². The summed E-state index contributed by atoms with van der Waals surface area (Å²) in [6.45, 7) is 2.02. The van der Waals surface area contributed by atoms with Crippen LogP contribution < -0.4 is 9.62 Å². The number of halogens is 1. The lowest BCUT2D eigenvalue weighted by molar-refractivity contribution is -0.123. The molecule has 0 saturated carbocycles. The second kappa shape index (κ2) is 9.54. The highest BCUT2D eigenvalue weighted by Crippen LogP contribution is 2.32. The van der Waals surface area contributed by atoms with Gasteiger partial charge >= 0.3 is 5.97 Å². The number of nitrogens with one attached hydrogen (secondary N) is 1. The van der Waals surface area contributed by atoms with Crippen LogP contribution in [-0.4, -0.2) is 43.5 Å². The fourth-order valence-electron chi connectivity index (χ4n) is 3.61. The summed E-state index contributed by atoms with van der Waals surface area (Å²) in [6.07, 6.45) is 0.291. The molecule has 1 saturated heterocycles. The number of rotatable bonds is 8. The number of carboxylic acid groups (broad SMARTS) is 1. The van der Waals surface area contributed by atoms with Gasteiger partial charge in [0.05, 0.1) is 34.4 Å². The lowest BCUT2D eigenvalue weighted by Crippen LogP contribution is -2.55. The van der Waals surface area contributed by atoms with E-state index in [9.17, 15) is 28.4 Å². The molecule has 1 amide bonds. The molecule has 168 valence electrons. The van der Waals surface area contributed by atoms with E-state index in [4.69, 9.17) is 11.6 Å². The van der Waals surface area contributed by atoms with Gasteiger partial charge in [0.2, 0.25) is 15.9 Å². The molecule has 1 aliphatic rings. The van der Waals surface area contributed by atoms with Gasteiger partial charge in [-0.3, -0.25) is 9.52 Å². The molecule has 0 bridgehead atoms. The highest BCUT2D eigenvalue weighted by atomic mass is 35.5. The van der Waals surface area contributed by atoms with E-state index in [1.807, 2.05) is 6.07 Å². The van der Waals surface area contributed by atoms with Crippen LogP contribution in [0.4, 0.5) is 5.82 Å². The molecule has 32 heavy (non-hydrogen) atoms. The largest absolute Gasteiger partial charge is 0.478 e. The summed E-state index contributed by atoms with van der Waals surface area (Å²) in [5.41, 5.74) is 1.08. The van der Waals surface area contributed by atoms with Gasteiger partial charge in [-0.15, -0.1) is 11.6 Å². The second-order valence-corrected chi connectivity index (χ2v) is 9.32. The number of alkyl halides is 1. The molecule has 1 aromatic carbocycles. The second-order valence-electron chi connectivity index (χ2n) is 7.33. The van der Waals surface area contributed by atoms with Crippen molar-refractivity contribution >= 4 is 39.3 Å². The molecule has 2 heterocycles. The highest BCUT2D eigenvalue weighted by Gasteiger charge is 2.37. The summed E-state index contributed by atoms with van der Waals surface area (Å²) in [7, 11) is -3.86. The van der Waals surface area contributed by atoms with Crippen molar-refractivity contribution in [3.05, 3.63) is 58.3 Å². The molecular weight excluding hydrogens is 456 g/mol. The first-order valence-corrected chi connectivity index (χ1v) is 12.0. The normalized spacial score (nSPS) is 13.8. The number of benzene rings is 1. The molecule has 2 aromatic rings. The molecule has 0 aliphatic carbocycles. The third-order valence-electron chi connectivity index (χ3n) is 5.17. The molecule has 2 N–H and O–H groups in total. The molecule has 1 aliphatic heterocycles. The Morgan fingerprint density at radius 2 is 1.97 bits per heavy atom. The van der Waals surface area contributed by atoms with Gasteiger partial charge in [0.25, 0.3) is 0 Å². The Morgan fingerprint density at radius 3 is 2.50 bits per heavy atom. The zero-order valence-corrected chi connectivity index (χ0v) is 18.8. The fourth-order valence-corrected chi connectivity index (χ4v) is 4.98. The Labute approximate surface area is 190 Å². The van der Waals surface area contributed by atoms with E-state index in [2.05, 4.69) is 9.71 Å². The van der Waals surface area contributed by atoms with Gasteiger partial charge < -0.3 is 10.0 Å². The zero-order valence-electron chi connectivity index (χ0n) is 17.2. The van der Waals surface area contributed by atoms with Gasteiger partial charge in [-0.2, -0.15) is 5.26 Å². The van der Waals surface area contributed by atoms with Crippen molar-refractivity contribution < 1.29 is 23.1 Å². The van der Waals surface area contributed by atoms with Crippen LogP contribution in [0, 0.1) is 17.2 Å². The highest BCUT2D eigenvalue weighted by molar-refractivity contribution is 7.89. The molecule has 1 aromatic heterocycles. The Hall–Kier alpha value is -3.16. The Bertz CT molecular complexity index is 1190. The van der Waals surface area contributed by atoms with E-state index in [1.54, 1.807) is 42.2 Å². The van der Waals surface area contributed by atoms with Gasteiger partial charge in [-0.1, -0.05) is 37.3 Å². The molecule has 0 radical (unpaired) electrons. The first kappa shape index (κ1) is 23.5. The smallest absolute Gasteiger partial charge is 0.337 e. The van der Waals surface area contributed by atoms with Crippen molar-refractivity contribution in [2.75, 3.05) is 18.0 Å². The summed E-state index contributed by atoms with van der Waals surface area (Å²) in [5, 5.41) is 19.2. The van der Waals surface area contributed by atoms with Crippen molar-refractivity contribution in [2.24, 2.45) is 5.92 Å². The first-order chi connectivity index (χ1) is 15.2. The van der Waals surface area contributed by atoms with Crippen LogP contribution in [-0.2, 0) is 32.9 Å². The third-order valence-corrected chi connectivity index (χ3v) is 6.65. The van der Waals surface area contributed by atoms with Crippen molar-refractivity contribution in [1.29, 1.82) is 5.26 Å². The predicted octanol–water partition coefficient (Wildman–Crippen LogP) is 2.04. The van der Waals surface area contributed by atoms with E-state index in [0.717, 1.165) is 0 Å². The lowest BCUT2D eigenvalue weighted by Gasteiger charge is -2.39. The number of hydrogen-bond acceptors (Lipinski definition) is 7. The molecule has 1 fully saturated rings. The van der Waals surface area contributed by atoms with E-state index in [1.165, 1.54) is 0 Å². The number of aromatic nitrogens is 1. The Kier molecular flexibility index (Phi) is 7.01. The molecule has 3 rings (SSSR count). The van der Waals surface area contributed by atoms with Crippen LogP contribution in [0.1, 0.15) is 39.7 Å². The van der Waals surface area contributed by atoms with Gasteiger partial charge in [0, 0.05) is 13.1 Å². The van der Waals surface area contributed by atoms with Crippen LogP contribution in [0.5, 0.6) is 0 Å². The standard InChI is InChI=1S/C21H21ClN4O5S/c1-2-15-16(9-23)19(24-17(8-22)18(15)21(28)29)26-10-14(11-26)20(27)25-32(30,31)12-13-6-4-3-5-7-13/h3-7,14H,2,8,10-12H2,1H3,(H,25,27)(H,28,29). The van der Waals surface area contributed by atoms with Gasteiger partial charge in [0.1, 0.15) is 11.9 Å². The Morgan fingerprint density at radius 1 is 1.31 bits per heavy atom. The summed E-state index contributed by atoms with van der Waals surface area (Å²) >= 11 is 5.90. The number of pyridine rings is 1. The molecular formula is C21H21ClN4O5S. The maximum atomic E-state index is 12.5. The number of nitrogens with zero attached hydrogens (tertiary/aromatic N) is 3. The van der Waals surface area contributed by atoms with Crippen molar-refractivity contribution in [3.8, 4) is 6.07 Å². The summed E-state index contributed by atoms with van der Waals surface area (Å²) in [4.78, 5) is 30.0. The average Bonchev–Trinajstić information content (AvgIpc) is 2.71. The van der Waals surface area contributed by atoms with E-state index < -0.39 is 27.8 Å². The summed E-state index contributed by atoms with van der Waals surface area (Å²) < 4.78 is 26.7. The molecule has 0 unspecified atom stereocenters. The fraction of sp³-hybridized carbons (Fsp3) is 0.333. The molecule has 0 atom stereocenters. The molecule has 11 heteroatoms. The van der Waals surface area contributed by atoms with Crippen LogP contribution in [0.25, 0.3) is 0 Å². The number of hydrogen-bond donors (Lipinski definition) is 2. The SMILES string of the molecule is CCc1c(C#N)c(N2CC(C(=O)NS(=O)(=O)Cc3ccccc3)C2)nc(CCl)c1C(=O)O. The Balaban J connectivity index is 1.75. The van der Waals surface area contributed by atoms with Gasteiger partial charge in [0.15, 0.2) is 0 Å². The van der Waals surface area contributed by atoms with Crippen LogP contribution in [0.15, 0.2) is 30.3 Å². The monoisotopic (exact) mass is 476 g/mol. The third kappa shape index (κ3) is 4.84. The maximum absolute atomic E-state index is 12.5. The minimum Gasteiger partial charge on any atom is -0.478 e. The number of nitriles is 1. The van der Waals surface area contributed by atoms with Crippen molar-refractivity contribution in [2.45, 2.75) is 25.0 Å². The van der Waals surface area contributed by atoms with Crippen LogP contribution in [0.3, 0.4) is 0 Å². The zero-order chi connectivity index (χ0) is 23.5. The number of aromatic carboxylic acids is 1. The topological polar surface area (TPSA) is 140 Å². The van der Waals surface area contributed by atoms with Gasteiger partial charge in [-0.25, -0.2) is 18.2 Å². The number of sulfonamides is 1. The predicted molar refractivity (Wildman–Crippen MR) is 118 cm³/mol. The number of carbonyl (C=O) groups excluding carboxylic acids is 1. The quantitative estimate of drug-likeness (QED) is 0.551. The van der Waals surface area contributed by atoms with Crippen molar-refractivity contribution in [3.63, 3.8) is 0 Å². The molecule has 9 nitrogen and oxygen atoms in total. The minimum atomic E-state index is -3.86. The number of carbonyl (C=O) groups is 2. The molecule has 0 spiro atoms. The first-order valence-electron chi connectivity index (χ1n) is 9.79. The van der Waals surface area contributed by atoms with Crippen LogP contribution in [0.2, 0.25) is 0 Å². The lowest BCUT2D eigenvalue weighted by atomic mass is 9.95. The van der Waals surface area contributed by atoms with E-state index in [-0.39, 0.29) is 47.4 Å². The number of anilines is 1. The van der Waals surface area contributed by atoms with Gasteiger partial charge in [-0.05, 0) is 17.5 Å². The van der Waals surface area contributed by atoms with E-state index >= 15 is 0 Å². The number of amides is 1. The average molecular weight is 477 g/mol.